The van der Waals surface area contributed by atoms with Crippen molar-refractivity contribution in [2.75, 3.05) is 4.43 Å². The molecule has 2 aromatic carbocycles. The number of benzene rings is 2. The van der Waals surface area contributed by atoms with E-state index >= 15 is 0 Å². The minimum atomic E-state index is -0.457. The lowest BCUT2D eigenvalue weighted by Gasteiger charge is -2.16. The fourth-order valence-corrected chi connectivity index (χ4v) is 2.56. The Hall–Kier alpha value is -1.63. The van der Waals surface area contributed by atoms with Gasteiger partial charge >= 0.3 is 6.09 Å². The monoisotopic (exact) mass is 413 g/mol. The van der Waals surface area contributed by atoms with E-state index in [1.165, 1.54) is 12.1 Å². The van der Waals surface area contributed by atoms with Crippen LogP contribution in [0.3, 0.4) is 0 Å². The zero-order valence-electron chi connectivity index (χ0n) is 12.0. The molecule has 0 fully saturated rings. The number of ether oxygens (including phenoxy) is 1. The quantitative estimate of drug-likeness (QED) is 0.572. The lowest BCUT2D eigenvalue weighted by Crippen LogP contribution is -2.38. The predicted molar refractivity (Wildman–Crippen MR) is 92.5 cm³/mol. The maximum Gasteiger partial charge on any atom is 0.407 e. The van der Waals surface area contributed by atoms with Crippen LogP contribution in [-0.2, 0) is 17.8 Å². The molecule has 0 aromatic heterocycles. The second-order valence-corrected chi connectivity index (χ2v) is 5.77. The Labute approximate surface area is 143 Å². The second-order valence-electron chi connectivity index (χ2n) is 4.89. The van der Waals surface area contributed by atoms with Gasteiger partial charge in [0, 0.05) is 10.5 Å². The molecule has 0 saturated heterocycles. The number of alkyl carbamates (subject to hydrolysis) is 1. The molecule has 0 spiro atoms. The van der Waals surface area contributed by atoms with Gasteiger partial charge in [-0.3, -0.25) is 0 Å². The summed E-state index contributed by atoms with van der Waals surface area (Å²) in [4.78, 5) is 11.8. The highest BCUT2D eigenvalue weighted by molar-refractivity contribution is 14.1. The molecule has 116 valence electrons. The van der Waals surface area contributed by atoms with Crippen molar-refractivity contribution in [1.82, 2.24) is 5.32 Å². The van der Waals surface area contributed by atoms with E-state index in [0.717, 1.165) is 11.1 Å². The summed E-state index contributed by atoms with van der Waals surface area (Å²) in [6.07, 6.45) is 0.114. The molecule has 0 aliphatic carbocycles. The summed E-state index contributed by atoms with van der Waals surface area (Å²) in [5, 5.41) is 2.81. The van der Waals surface area contributed by atoms with E-state index in [1.807, 2.05) is 36.4 Å². The van der Waals surface area contributed by atoms with Gasteiger partial charge in [0.1, 0.15) is 12.4 Å². The summed E-state index contributed by atoms with van der Waals surface area (Å²) < 4.78 is 19.1. The molecule has 3 nitrogen and oxygen atoms in total. The number of alkyl halides is 1. The molecule has 0 radical (unpaired) electrons. The summed E-state index contributed by atoms with van der Waals surface area (Å²) in [7, 11) is 0. The predicted octanol–water partition coefficient (Wildman–Crippen LogP) is 4.10. The summed E-state index contributed by atoms with van der Waals surface area (Å²) in [5.41, 5.74) is 1.79. The molecule has 0 bridgehead atoms. The van der Waals surface area contributed by atoms with E-state index in [0.29, 0.717) is 10.8 Å². The number of carbonyl (C=O) groups is 1. The minimum Gasteiger partial charge on any atom is -0.445 e. The Morgan fingerprint density at radius 2 is 1.86 bits per heavy atom. The Kier molecular flexibility index (Phi) is 6.64. The molecule has 0 aliphatic rings. The first-order valence-corrected chi connectivity index (χ1v) is 8.47. The number of amides is 1. The van der Waals surface area contributed by atoms with Crippen LogP contribution in [0.15, 0.2) is 54.6 Å². The minimum absolute atomic E-state index is 0.0920. The lowest BCUT2D eigenvalue weighted by atomic mass is 10.1. The topological polar surface area (TPSA) is 38.3 Å². The van der Waals surface area contributed by atoms with Crippen molar-refractivity contribution in [3.8, 4) is 0 Å². The molecule has 0 unspecified atom stereocenters. The van der Waals surface area contributed by atoms with E-state index in [2.05, 4.69) is 27.9 Å². The molecule has 5 heteroatoms. The Morgan fingerprint density at radius 3 is 2.55 bits per heavy atom. The van der Waals surface area contributed by atoms with Crippen molar-refractivity contribution in [3.05, 3.63) is 71.5 Å². The lowest BCUT2D eigenvalue weighted by molar-refractivity contribution is 0.136. The van der Waals surface area contributed by atoms with Crippen LogP contribution in [0.4, 0.5) is 9.18 Å². The zero-order chi connectivity index (χ0) is 15.8. The molecular formula is C17H17FINO2. The fourth-order valence-electron chi connectivity index (χ4n) is 2.02. The fraction of sp³-hybridized carbons (Fsp3) is 0.235. The van der Waals surface area contributed by atoms with E-state index in [-0.39, 0.29) is 18.5 Å². The molecule has 0 saturated carbocycles. The molecule has 2 rings (SSSR count). The van der Waals surface area contributed by atoms with Crippen LogP contribution in [-0.4, -0.2) is 16.6 Å². The van der Waals surface area contributed by atoms with Gasteiger partial charge in [0.15, 0.2) is 0 Å². The van der Waals surface area contributed by atoms with Gasteiger partial charge in [-0.05, 0) is 29.7 Å². The Bertz CT molecular complexity index is 607. The van der Waals surface area contributed by atoms with Gasteiger partial charge in [-0.15, -0.1) is 0 Å². The zero-order valence-corrected chi connectivity index (χ0v) is 14.1. The SMILES string of the molecule is O=C(N[C@@H](CI)Cc1cccc(F)c1)OCc1ccccc1. The van der Waals surface area contributed by atoms with Gasteiger partial charge in [-0.2, -0.15) is 0 Å². The van der Waals surface area contributed by atoms with Crippen molar-refractivity contribution >= 4 is 28.7 Å². The highest BCUT2D eigenvalue weighted by atomic mass is 127. The van der Waals surface area contributed by atoms with Gasteiger partial charge in [0.25, 0.3) is 0 Å². The maximum atomic E-state index is 13.2. The van der Waals surface area contributed by atoms with Gasteiger partial charge < -0.3 is 10.1 Å². The summed E-state index contributed by atoms with van der Waals surface area (Å²) in [6.45, 7) is 0.237. The van der Waals surface area contributed by atoms with E-state index in [1.54, 1.807) is 6.07 Å². The molecule has 0 aliphatic heterocycles. The van der Waals surface area contributed by atoms with Gasteiger partial charge in [0.05, 0.1) is 0 Å². The Balaban J connectivity index is 1.83. The number of halogens is 2. The van der Waals surface area contributed by atoms with Crippen LogP contribution in [0.25, 0.3) is 0 Å². The van der Waals surface area contributed by atoms with Crippen molar-refractivity contribution in [2.24, 2.45) is 0 Å². The number of rotatable bonds is 6. The third-order valence-electron chi connectivity index (χ3n) is 3.09. The molecule has 22 heavy (non-hydrogen) atoms. The van der Waals surface area contributed by atoms with Crippen LogP contribution >= 0.6 is 22.6 Å². The number of hydrogen-bond acceptors (Lipinski definition) is 2. The molecule has 1 N–H and O–H groups in total. The molecule has 1 amide bonds. The average molecular weight is 413 g/mol. The Morgan fingerprint density at radius 1 is 1.14 bits per heavy atom. The smallest absolute Gasteiger partial charge is 0.407 e. The number of nitrogens with one attached hydrogen (secondary N) is 1. The van der Waals surface area contributed by atoms with Gasteiger partial charge in [-0.25, -0.2) is 9.18 Å². The first-order valence-electron chi connectivity index (χ1n) is 6.95. The van der Waals surface area contributed by atoms with Crippen LogP contribution in [0.1, 0.15) is 11.1 Å². The van der Waals surface area contributed by atoms with E-state index in [4.69, 9.17) is 4.74 Å². The van der Waals surface area contributed by atoms with Crippen LogP contribution in [0.2, 0.25) is 0 Å². The molecular weight excluding hydrogens is 396 g/mol. The average Bonchev–Trinajstić information content (AvgIpc) is 2.53. The highest BCUT2D eigenvalue weighted by Crippen LogP contribution is 2.09. The summed E-state index contributed by atoms with van der Waals surface area (Å²) in [6, 6.07) is 15.8. The summed E-state index contributed by atoms with van der Waals surface area (Å²) >= 11 is 2.19. The molecule has 0 heterocycles. The van der Waals surface area contributed by atoms with E-state index in [9.17, 15) is 9.18 Å². The summed E-state index contributed by atoms with van der Waals surface area (Å²) in [5.74, 6) is -0.267. The number of hydrogen-bond donors (Lipinski definition) is 1. The first kappa shape index (κ1) is 16.7. The molecule has 1 atom stereocenters. The third kappa shape index (κ3) is 5.63. The van der Waals surface area contributed by atoms with Crippen LogP contribution in [0, 0.1) is 5.82 Å². The van der Waals surface area contributed by atoms with Gasteiger partial charge in [0.2, 0.25) is 0 Å². The standard InChI is InChI=1S/C17H17FINO2/c18-15-8-4-7-14(9-15)10-16(11-19)20-17(21)22-12-13-5-2-1-3-6-13/h1-9,16H,10-12H2,(H,20,21)/t16-/m1/s1. The highest BCUT2D eigenvalue weighted by Gasteiger charge is 2.13. The van der Waals surface area contributed by atoms with Crippen molar-refractivity contribution < 1.29 is 13.9 Å². The third-order valence-corrected chi connectivity index (χ3v) is 4.16. The first-order chi connectivity index (χ1) is 10.7. The molecule has 2 aromatic rings. The normalized spacial score (nSPS) is 11.7. The van der Waals surface area contributed by atoms with Gasteiger partial charge in [-0.1, -0.05) is 65.1 Å². The van der Waals surface area contributed by atoms with E-state index < -0.39 is 6.09 Å². The van der Waals surface area contributed by atoms with Crippen LogP contribution in [0.5, 0.6) is 0 Å². The second kappa shape index (κ2) is 8.73. The largest absolute Gasteiger partial charge is 0.445 e. The maximum absolute atomic E-state index is 13.2. The van der Waals surface area contributed by atoms with Crippen molar-refractivity contribution in [1.29, 1.82) is 0 Å². The van der Waals surface area contributed by atoms with Crippen molar-refractivity contribution in [3.63, 3.8) is 0 Å². The van der Waals surface area contributed by atoms with Crippen molar-refractivity contribution in [2.45, 2.75) is 19.1 Å². The number of carbonyl (C=O) groups excluding carboxylic acids is 1. The van der Waals surface area contributed by atoms with Crippen LogP contribution < -0.4 is 5.32 Å².